The van der Waals surface area contributed by atoms with Crippen LogP contribution in [0.1, 0.15) is 31.9 Å². The van der Waals surface area contributed by atoms with Crippen LogP contribution in [0.2, 0.25) is 0 Å². The standard InChI is InChI=1S/C20H27NO4S/c1-15-14-16(10-11-18(15)24-5)26(22,23)21-12-13-25-19-9-7-6-8-17(19)20(2,3)4/h6-11,14,21H,12-13H2,1-5H3. The largest absolute Gasteiger partial charge is 0.496 e. The molecule has 0 aliphatic carbocycles. The van der Waals surface area contributed by atoms with Crippen LogP contribution >= 0.6 is 0 Å². The number of para-hydroxylation sites is 1. The molecule has 0 aliphatic heterocycles. The molecule has 142 valence electrons. The second-order valence-corrected chi connectivity index (χ2v) is 8.89. The minimum Gasteiger partial charge on any atom is -0.496 e. The van der Waals surface area contributed by atoms with Crippen LogP contribution in [0.5, 0.6) is 11.5 Å². The number of rotatable bonds is 7. The van der Waals surface area contributed by atoms with E-state index in [1.54, 1.807) is 19.2 Å². The number of nitrogens with one attached hydrogen (secondary N) is 1. The molecule has 6 heteroatoms. The van der Waals surface area contributed by atoms with Crippen molar-refractivity contribution in [2.24, 2.45) is 0 Å². The van der Waals surface area contributed by atoms with Crippen LogP contribution < -0.4 is 14.2 Å². The number of sulfonamides is 1. The third kappa shape index (κ3) is 4.99. The number of methoxy groups -OCH3 is 1. The summed E-state index contributed by atoms with van der Waals surface area (Å²) in [6.07, 6.45) is 0. The molecular weight excluding hydrogens is 350 g/mol. The molecule has 0 spiro atoms. The second kappa shape index (κ2) is 8.10. The lowest BCUT2D eigenvalue weighted by Crippen LogP contribution is -2.28. The lowest BCUT2D eigenvalue weighted by molar-refractivity contribution is 0.314. The number of benzene rings is 2. The zero-order chi connectivity index (χ0) is 19.4. The van der Waals surface area contributed by atoms with Gasteiger partial charge in [0.25, 0.3) is 0 Å². The van der Waals surface area contributed by atoms with Crippen molar-refractivity contribution in [3.05, 3.63) is 53.6 Å². The van der Waals surface area contributed by atoms with Crippen molar-refractivity contribution in [1.29, 1.82) is 0 Å². The van der Waals surface area contributed by atoms with Crippen molar-refractivity contribution < 1.29 is 17.9 Å². The Kier molecular flexibility index (Phi) is 6.31. The normalized spacial score (nSPS) is 12.0. The summed E-state index contributed by atoms with van der Waals surface area (Å²) in [6, 6.07) is 12.6. The van der Waals surface area contributed by atoms with Gasteiger partial charge in [-0.05, 0) is 47.7 Å². The van der Waals surface area contributed by atoms with Crippen LogP contribution in [0, 0.1) is 6.92 Å². The van der Waals surface area contributed by atoms with Crippen molar-refractivity contribution in [3.8, 4) is 11.5 Å². The lowest BCUT2D eigenvalue weighted by atomic mass is 9.86. The third-order valence-electron chi connectivity index (χ3n) is 4.02. The fourth-order valence-electron chi connectivity index (χ4n) is 2.65. The van der Waals surface area contributed by atoms with E-state index in [1.807, 2.05) is 31.2 Å². The number of hydrogen-bond donors (Lipinski definition) is 1. The minimum absolute atomic E-state index is 0.0449. The number of aryl methyl sites for hydroxylation is 1. The zero-order valence-corrected chi connectivity index (χ0v) is 16.8. The summed E-state index contributed by atoms with van der Waals surface area (Å²) in [5.74, 6) is 1.44. The second-order valence-electron chi connectivity index (χ2n) is 7.12. The molecule has 1 N–H and O–H groups in total. The molecule has 0 radical (unpaired) electrons. The van der Waals surface area contributed by atoms with Crippen LogP contribution in [0.15, 0.2) is 47.4 Å². The molecule has 0 aromatic heterocycles. The smallest absolute Gasteiger partial charge is 0.240 e. The maximum Gasteiger partial charge on any atom is 0.240 e. The maximum atomic E-state index is 12.4. The number of ether oxygens (including phenoxy) is 2. The fraction of sp³-hybridized carbons (Fsp3) is 0.400. The van der Waals surface area contributed by atoms with Crippen molar-refractivity contribution in [1.82, 2.24) is 4.72 Å². The molecule has 0 amide bonds. The summed E-state index contributed by atoms with van der Waals surface area (Å²) in [4.78, 5) is 0.214. The molecule has 2 rings (SSSR count). The van der Waals surface area contributed by atoms with Gasteiger partial charge in [-0.15, -0.1) is 0 Å². The molecular formula is C20H27NO4S. The van der Waals surface area contributed by atoms with Gasteiger partial charge in [0.15, 0.2) is 0 Å². The van der Waals surface area contributed by atoms with Crippen molar-refractivity contribution >= 4 is 10.0 Å². The Labute approximate surface area is 156 Å². The van der Waals surface area contributed by atoms with E-state index in [0.29, 0.717) is 5.75 Å². The van der Waals surface area contributed by atoms with Crippen LogP contribution in [-0.4, -0.2) is 28.7 Å². The first-order valence-corrected chi connectivity index (χ1v) is 10.00. The van der Waals surface area contributed by atoms with E-state index in [-0.39, 0.29) is 23.5 Å². The molecule has 0 heterocycles. The Hall–Kier alpha value is -2.05. The molecule has 0 unspecified atom stereocenters. The average Bonchev–Trinajstić information content (AvgIpc) is 2.58. The summed E-state index contributed by atoms with van der Waals surface area (Å²) in [5.41, 5.74) is 1.82. The summed E-state index contributed by atoms with van der Waals surface area (Å²) in [5, 5.41) is 0. The SMILES string of the molecule is COc1ccc(S(=O)(=O)NCCOc2ccccc2C(C)(C)C)cc1C. The van der Waals surface area contributed by atoms with Gasteiger partial charge in [0.1, 0.15) is 18.1 Å². The quantitative estimate of drug-likeness (QED) is 0.748. The van der Waals surface area contributed by atoms with Gasteiger partial charge in [-0.3, -0.25) is 0 Å². The first-order chi connectivity index (χ1) is 12.1. The average molecular weight is 378 g/mol. The van der Waals surface area contributed by atoms with E-state index in [0.717, 1.165) is 16.9 Å². The molecule has 0 atom stereocenters. The molecule has 0 aliphatic rings. The van der Waals surface area contributed by atoms with Crippen LogP contribution in [0.3, 0.4) is 0 Å². The van der Waals surface area contributed by atoms with Crippen molar-refractivity contribution in [2.45, 2.75) is 38.0 Å². The molecule has 5 nitrogen and oxygen atoms in total. The Balaban J connectivity index is 1.99. The van der Waals surface area contributed by atoms with E-state index in [1.165, 1.54) is 6.07 Å². The molecule has 2 aromatic carbocycles. The molecule has 0 bridgehead atoms. The minimum atomic E-state index is -3.59. The molecule has 2 aromatic rings. The highest BCUT2D eigenvalue weighted by atomic mass is 32.2. The lowest BCUT2D eigenvalue weighted by Gasteiger charge is -2.22. The first kappa shape index (κ1) is 20.3. The zero-order valence-electron chi connectivity index (χ0n) is 16.0. The molecule has 0 saturated heterocycles. The highest BCUT2D eigenvalue weighted by Gasteiger charge is 2.19. The fourth-order valence-corrected chi connectivity index (χ4v) is 3.75. The summed E-state index contributed by atoms with van der Waals surface area (Å²) < 4.78 is 38.4. The number of hydrogen-bond acceptors (Lipinski definition) is 4. The molecule has 0 fully saturated rings. The van der Waals surface area contributed by atoms with E-state index in [4.69, 9.17) is 9.47 Å². The van der Waals surface area contributed by atoms with Gasteiger partial charge in [-0.25, -0.2) is 13.1 Å². The van der Waals surface area contributed by atoms with Crippen LogP contribution in [-0.2, 0) is 15.4 Å². The summed E-state index contributed by atoms with van der Waals surface area (Å²) >= 11 is 0. The van der Waals surface area contributed by atoms with Gasteiger partial charge in [-0.2, -0.15) is 0 Å². The van der Waals surface area contributed by atoms with Crippen LogP contribution in [0.4, 0.5) is 0 Å². The monoisotopic (exact) mass is 377 g/mol. The van der Waals surface area contributed by atoms with Gasteiger partial charge in [0.05, 0.1) is 12.0 Å². The first-order valence-electron chi connectivity index (χ1n) is 8.52. The Morgan fingerprint density at radius 2 is 1.73 bits per heavy atom. The van der Waals surface area contributed by atoms with Crippen molar-refractivity contribution in [2.75, 3.05) is 20.3 Å². The highest BCUT2D eigenvalue weighted by Crippen LogP contribution is 2.30. The van der Waals surface area contributed by atoms with E-state index in [2.05, 4.69) is 25.5 Å². The van der Waals surface area contributed by atoms with E-state index in [9.17, 15) is 8.42 Å². The van der Waals surface area contributed by atoms with Crippen molar-refractivity contribution in [3.63, 3.8) is 0 Å². The Morgan fingerprint density at radius 3 is 2.35 bits per heavy atom. The van der Waals surface area contributed by atoms with Gasteiger partial charge in [0.2, 0.25) is 10.0 Å². The van der Waals surface area contributed by atoms with E-state index >= 15 is 0 Å². The maximum absolute atomic E-state index is 12.4. The van der Waals surface area contributed by atoms with Gasteiger partial charge in [0, 0.05) is 6.54 Å². The van der Waals surface area contributed by atoms with Gasteiger partial charge in [-0.1, -0.05) is 39.0 Å². The van der Waals surface area contributed by atoms with Gasteiger partial charge < -0.3 is 9.47 Å². The highest BCUT2D eigenvalue weighted by molar-refractivity contribution is 7.89. The Bertz CT molecular complexity index is 854. The Morgan fingerprint density at radius 1 is 1.04 bits per heavy atom. The molecule has 0 saturated carbocycles. The van der Waals surface area contributed by atoms with E-state index < -0.39 is 10.0 Å². The molecule has 26 heavy (non-hydrogen) atoms. The summed E-state index contributed by atoms with van der Waals surface area (Å²) in [6.45, 7) is 8.59. The van der Waals surface area contributed by atoms with Crippen LogP contribution in [0.25, 0.3) is 0 Å². The summed E-state index contributed by atoms with van der Waals surface area (Å²) in [7, 11) is -2.03. The predicted molar refractivity (Wildman–Crippen MR) is 104 cm³/mol. The predicted octanol–water partition coefficient (Wildman–Crippen LogP) is 3.66. The topological polar surface area (TPSA) is 64.6 Å². The third-order valence-corrected chi connectivity index (χ3v) is 5.48. The van der Waals surface area contributed by atoms with Gasteiger partial charge >= 0.3 is 0 Å².